The molecule has 0 aliphatic carbocycles. The van der Waals surface area contributed by atoms with Gasteiger partial charge in [-0.2, -0.15) is 0 Å². The molecule has 0 aromatic carbocycles. The van der Waals surface area contributed by atoms with Crippen LogP contribution in [0.4, 0.5) is 11.4 Å². The minimum Gasteiger partial charge on any atom is -0.383 e. The topological polar surface area (TPSA) is 97.5 Å². The number of carbonyl (C=O) groups is 2. The summed E-state index contributed by atoms with van der Waals surface area (Å²) in [5, 5.41) is 2.65. The summed E-state index contributed by atoms with van der Waals surface area (Å²) in [6.45, 7) is 0.0601. The number of aromatic nitrogens is 1. The smallest absolute Gasteiger partial charge is 0.246 e. The maximum Gasteiger partial charge on any atom is 0.246 e. The van der Waals surface area contributed by atoms with Crippen LogP contribution in [-0.4, -0.2) is 43.1 Å². The van der Waals surface area contributed by atoms with E-state index in [9.17, 15) is 9.59 Å². The van der Waals surface area contributed by atoms with Crippen molar-refractivity contribution in [3.63, 3.8) is 0 Å². The van der Waals surface area contributed by atoms with Crippen LogP contribution < -0.4 is 16.0 Å². The van der Waals surface area contributed by atoms with Crippen LogP contribution in [-0.2, 0) is 14.3 Å². The standard InChI is InChI=1S/C11H14N4O3.2ClH/c1-18-6-7(12)11(17)15-5-10(16)14-8-4-13-3-2-9(8)15;;/h2-4,7H,5-6,12H2,1H3,(H,14,16);2*1H. The van der Waals surface area contributed by atoms with Crippen molar-refractivity contribution in [2.45, 2.75) is 6.04 Å². The number of hydrogen-bond donors (Lipinski definition) is 2. The van der Waals surface area contributed by atoms with E-state index < -0.39 is 6.04 Å². The molecule has 1 aliphatic heterocycles. The number of halogens is 2. The lowest BCUT2D eigenvalue weighted by Gasteiger charge is -2.30. The number of nitrogens with one attached hydrogen (secondary N) is 1. The molecule has 1 atom stereocenters. The Kier molecular flexibility index (Phi) is 7.44. The monoisotopic (exact) mass is 322 g/mol. The molecule has 2 amide bonds. The number of carbonyl (C=O) groups excluding carboxylic acids is 2. The summed E-state index contributed by atoms with van der Waals surface area (Å²) in [5.74, 6) is -0.618. The fraction of sp³-hybridized carbons (Fsp3) is 0.364. The number of ether oxygens (including phenoxy) is 1. The molecule has 1 aromatic rings. The van der Waals surface area contributed by atoms with Crippen LogP contribution in [0.15, 0.2) is 18.5 Å². The van der Waals surface area contributed by atoms with Crippen molar-refractivity contribution >= 4 is 48.0 Å². The van der Waals surface area contributed by atoms with Gasteiger partial charge in [0.1, 0.15) is 12.6 Å². The Hall–Kier alpha value is -1.41. The number of anilines is 2. The average molecular weight is 323 g/mol. The summed E-state index contributed by atoms with van der Waals surface area (Å²) >= 11 is 0. The van der Waals surface area contributed by atoms with Crippen LogP contribution in [0.3, 0.4) is 0 Å². The van der Waals surface area contributed by atoms with Gasteiger partial charge in [0.25, 0.3) is 0 Å². The third-order valence-corrected chi connectivity index (χ3v) is 2.59. The number of fused-ring (bicyclic) bond motifs is 1. The van der Waals surface area contributed by atoms with Gasteiger partial charge in [-0.15, -0.1) is 24.8 Å². The molecule has 2 heterocycles. The molecule has 1 unspecified atom stereocenters. The zero-order valence-electron chi connectivity index (χ0n) is 10.7. The maximum absolute atomic E-state index is 12.1. The summed E-state index contributed by atoms with van der Waals surface area (Å²) in [4.78, 5) is 28.9. The lowest BCUT2D eigenvalue weighted by Crippen LogP contribution is -2.50. The molecular weight excluding hydrogens is 307 g/mol. The minimum atomic E-state index is -0.790. The van der Waals surface area contributed by atoms with Gasteiger partial charge >= 0.3 is 0 Å². The second-order valence-corrected chi connectivity index (χ2v) is 3.93. The van der Waals surface area contributed by atoms with Crippen LogP contribution >= 0.6 is 24.8 Å². The van der Waals surface area contributed by atoms with Crippen molar-refractivity contribution in [1.29, 1.82) is 0 Å². The molecule has 1 aliphatic rings. The Morgan fingerprint density at radius 1 is 1.60 bits per heavy atom. The molecule has 20 heavy (non-hydrogen) atoms. The molecule has 0 radical (unpaired) electrons. The first-order chi connectivity index (χ1) is 8.63. The fourth-order valence-corrected chi connectivity index (χ4v) is 1.78. The highest BCUT2D eigenvalue weighted by molar-refractivity contribution is 6.10. The van der Waals surface area contributed by atoms with E-state index in [4.69, 9.17) is 10.5 Å². The van der Waals surface area contributed by atoms with E-state index in [1.807, 2.05) is 0 Å². The van der Waals surface area contributed by atoms with Gasteiger partial charge in [0.2, 0.25) is 11.8 Å². The van der Waals surface area contributed by atoms with E-state index in [1.165, 1.54) is 18.2 Å². The van der Waals surface area contributed by atoms with Crippen molar-refractivity contribution < 1.29 is 14.3 Å². The Morgan fingerprint density at radius 2 is 2.30 bits per heavy atom. The molecule has 0 spiro atoms. The van der Waals surface area contributed by atoms with E-state index in [-0.39, 0.29) is 49.8 Å². The van der Waals surface area contributed by atoms with Crippen LogP contribution in [0.2, 0.25) is 0 Å². The van der Waals surface area contributed by atoms with Crippen molar-refractivity contribution in [3.8, 4) is 0 Å². The van der Waals surface area contributed by atoms with Gasteiger partial charge in [-0.05, 0) is 6.07 Å². The highest BCUT2D eigenvalue weighted by Gasteiger charge is 2.29. The predicted octanol–water partition coefficient (Wildman–Crippen LogP) is 0.184. The molecule has 112 valence electrons. The van der Waals surface area contributed by atoms with Gasteiger partial charge in [0, 0.05) is 13.3 Å². The van der Waals surface area contributed by atoms with Crippen LogP contribution in [0.5, 0.6) is 0 Å². The summed E-state index contributed by atoms with van der Waals surface area (Å²) in [6, 6.07) is 0.869. The number of hydrogen-bond acceptors (Lipinski definition) is 5. The second kappa shape index (κ2) is 8.01. The van der Waals surface area contributed by atoms with Crippen molar-refractivity contribution in [3.05, 3.63) is 18.5 Å². The van der Waals surface area contributed by atoms with E-state index in [0.29, 0.717) is 11.4 Å². The number of nitrogens with two attached hydrogens (primary N) is 1. The Bertz CT molecular complexity index is 486. The number of methoxy groups -OCH3 is 1. The molecule has 0 bridgehead atoms. The molecule has 0 saturated carbocycles. The number of rotatable bonds is 3. The van der Waals surface area contributed by atoms with E-state index >= 15 is 0 Å². The average Bonchev–Trinajstić information content (AvgIpc) is 2.37. The lowest BCUT2D eigenvalue weighted by molar-refractivity contribution is -0.123. The number of nitrogens with zero attached hydrogens (tertiary/aromatic N) is 2. The number of amides is 2. The van der Waals surface area contributed by atoms with Crippen LogP contribution in [0.25, 0.3) is 0 Å². The van der Waals surface area contributed by atoms with Crippen molar-refractivity contribution in [2.75, 3.05) is 30.5 Å². The first-order valence-corrected chi connectivity index (χ1v) is 5.43. The molecule has 3 N–H and O–H groups in total. The Balaban J connectivity index is 0.00000180. The molecule has 0 saturated heterocycles. The zero-order valence-corrected chi connectivity index (χ0v) is 12.4. The van der Waals surface area contributed by atoms with Crippen LogP contribution in [0.1, 0.15) is 0 Å². The first kappa shape index (κ1) is 18.6. The van der Waals surface area contributed by atoms with E-state index in [1.54, 1.807) is 12.3 Å². The van der Waals surface area contributed by atoms with Gasteiger partial charge in [0.15, 0.2) is 0 Å². The van der Waals surface area contributed by atoms with Gasteiger partial charge in [-0.1, -0.05) is 0 Å². The molecule has 7 nitrogen and oxygen atoms in total. The van der Waals surface area contributed by atoms with Crippen LogP contribution in [0, 0.1) is 0 Å². The Morgan fingerprint density at radius 3 is 2.95 bits per heavy atom. The van der Waals surface area contributed by atoms with E-state index in [2.05, 4.69) is 10.3 Å². The summed E-state index contributed by atoms with van der Waals surface area (Å²) in [7, 11) is 1.47. The highest BCUT2D eigenvalue weighted by atomic mass is 35.5. The first-order valence-electron chi connectivity index (χ1n) is 5.43. The largest absolute Gasteiger partial charge is 0.383 e. The molecule has 0 fully saturated rings. The predicted molar refractivity (Wildman–Crippen MR) is 79.6 cm³/mol. The second-order valence-electron chi connectivity index (χ2n) is 3.93. The summed E-state index contributed by atoms with van der Waals surface area (Å²) < 4.78 is 4.84. The molecule has 9 heteroatoms. The lowest BCUT2D eigenvalue weighted by atomic mass is 10.2. The number of pyridine rings is 1. The molecule has 2 rings (SSSR count). The maximum atomic E-state index is 12.1. The Labute approximate surface area is 128 Å². The van der Waals surface area contributed by atoms with Gasteiger partial charge in [0.05, 0.1) is 24.2 Å². The van der Waals surface area contributed by atoms with Gasteiger partial charge < -0.3 is 15.8 Å². The summed E-state index contributed by atoms with van der Waals surface area (Å²) in [6.07, 6.45) is 3.05. The fourth-order valence-electron chi connectivity index (χ4n) is 1.78. The SMILES string of the molecule is COCC(N)C(=O)N1CC(=O)Nc2cnccc21.Cl.Cl. The third-order valence-electron chi connectivity index (χ3n) is 2.59. The van der Waals surface area contributed by atoms with Crippen molar-refractivity contribution in [2.24, 2.45) is 5.73 Å². The summed E-state index contributed by atoms with van der Waals surface area (Å²) in [5.41, 5.74) is 6.80. The van der Waals surface area contributed by atoms with E-state index in [0.717, 1.165) is 0 Å². The molecule has 1 aromatic heterocycles. The zero-order chi connectivity index (χ0) is 13.1. The third kappa shape index (κ3) is 3.80. The van der Waals surface area contributed by atoms with Crippen molar-refractivity contribution in [1.82, 2.24) is 4.98 Å². The quantitative estimate of drug-likeness (QED) is 0.827. The normalized spacial score (nSPS) is 14.3. The highest BCUT2D eigenvalue weighted by Crippen LogP contribution is 2.28. The van der Waals surface area contributed by atoms with Gasteiger partial charge in [-0.25, -0.2) is 0 Å². The minimum absolute atomic E-state index is 0. The molecular formula is C11H16Cl2N4O3. The van der Waals surface area contributed by atoms with Gasteiger partial charge in [-0.3, -0.25) is 19.5 Å².